The Labute approximate surface area is 134 Å². The Morgan fingerprint density at radius 1 is 1.36 bits per heavy atom. The number of nitrogens with two attached hydrogens (primary N) is 1. The smallest absolute Gasteiger partial charge is 0.195 e. The van der Waals surface area contributed by atoms with Crippen molar-refractivity contribution in [3.8, 4) is 11.4 Å². The zero-order chi connectivity index (χ0) is 15.4. The molecule has 1 fully saturated rings. The molecule has 2 aromatic rings. The van der Waals surface area contributed by atoms with Gasteiger partial charge in [-0.05, 0) is 37.1 Å². The van der Waals surface area contributed by atoms with Gasteiger partial charge in [0.15, 0.2) is 11.0 Å². The summed E-state index contributed by atoms with van der Waals surface area (Å²) in [4.78, 5) is 0. The van der Waals surface area contributed by atoms with Gasteiger partial charge in [-0.1, -0.05) is 11.8 Å². The minimum atomic E-state index is 0.312. The molecule has 3 rings (SSSR count). The van der Waals surface area contributed by atoms with Crippen LogP contribution in [-0.4, -0.2) is 40.3 Å². The fraction of sp³-hybridized carbons (Fsp3) is 0.467. The molecule has 1 atom stereocenters. The van der Waals surface area contributed by atoms with Crippen LogP contribution in [0.5, 0.6) is 5.75 Å². The molecular weight excluding hydrogens is 300 g/mol. The molecule has 6 nitrogen and oxygen atoms in total. The Morgan fingerprint density at radius 3 is 2.82 bits per heavy atom. The number of nitrogens with zero attached hydrogens (tertiary/aromatic N) is 3. The summed E-state index contributed by atoms with van der Waals surface area (Å²) < 4.78 is 12.9. The van der Waals surface area contributed by atoms with Crippen LogP contribution in [0.4, 0.5) is 0 Å². The first-order valence-corrected chi connectivity index (χ1v) is 8.33. The predicted molar refractivity (Wildman–Crippen MR) is 85.5 cm³/mol. The number of hydrogen-bond donors (Lipinski definition) is 1. The number of thioether (sulfide) groups is 1. The van der Waals surface area contributed by atoms with E-state index in [0.717, 1.165) is 47.6 Å². The molecule has 1 aromatic carbocycles. The van der Waals surface area contributed by atoms with E-state index in [1.807, 2.05) is 28.8 Å². The molecule has 0 spiro atoms. The number of benzene rings is 1. The lowest BCUT2D eigenvalue weighted by Gasteiger charge is -2.12. The van der Waals surface area contributed by atoms with Crippen molar-refractivity contribution < 1.29 is 9.47 Å². The molecule has 1 aliphatic rings. The van der Waals surface area contributed by atoms with Gasteiger partial charge in [0.25, 0.3) is 0 Å². The highest BCUT2D eigenvalue weighted by molar-refractivity contribution is 7.99. The Hall–Kier alpha value is -1.57. The molecule has 7 heteroatoms. The van der Waals surface area contributed by atoms with Gasteiger partial charge in [0.2, 0.25) is 0 Å². The zero-order valence-corrected chi connectivity index (χ0v) is 13.4. The van der Waals surface area contributed by atoms with Gasteiger partial charge in [-0.15, -0.1) is 10.2 Å². The van der Waals surface area contributed by atoms with Crippen molar-refractivity contribution in [3.63, 3.8) is 0 Å². The molecule has 1 unspecified atom stereocenters. The second-order valence-electron chi connectivity index (χ2n) is 5.08. The zero-order valence-electron chi connectivity index (χ0n) is 12.6. The minimum Gasteiger partial charge on any atom is -0.497 e. The number of rotatable bonds is 6. The normalized spacial score (nSPS) is 17.8. The van der Waals surface area contributed by atoms with Crippen molar-refractivity contribution in [2.45, 2.75) is 30.6 Å². The molecule has 0 amide bonds. The van der Waals surface area contributed by atoms with E-state index >= 15 is 0 Å². The number of aromatic nitrogens is 3. The standard InChI is InChI=1S/C15H20N4O2S/c1-20-12-6-4-11(5-7-12)19-14(9-16)17-18-15(19)22-10-13-3-2-8-21-13/h4-7,13H,2-3,8-10,16H2,1H3. The van der Waals surface area contributed by atoms with Crippen molar-refractivity contribution in [1.29, 1.82) is 0 Å². The molecule has 1 saturated heterocycles. The van der Waals surface area contributed by atoms with Crippen molar-refractivity contribution in [2.75, 3.05) is 19.5 Å². The molecule has 0 saturated carbocycles. The minimum absolute atomic E-state index is 0.312. The second-order valence-corrected chi connectivity index (χ2v) is 6.07. The average Bonchev–Trinajstić information content (AvgIpc) is 3.22. The fourth-order valence-electron chi connectivity index (χ4n) is 2.46. The van der Waals surface area contributed by atoms with E-state index in [0.29, 0.717) is 12.6 Å². The fourth-order valence-corrected chi connectivity index (χ4v) is 3.50. The number of hydrogen-bond acceptors (Lipinski definition) is 6. The van der Waals surface area contributed by atoms with Gasteiger partial charge in [-0.3, -0.25) is 4.57 Å². The first-order valence-electron chi connectivity index (χ1n) is 7.35. The van der Waals surface area contributed by atoms with E-state index in [4.69, 9.17) is 15.2 Å². The van der Waals surface area contributed by atoms with Gasteiger partial charge in [0.1, 0.15) is 5.75 Å². The summed E-state index contributed by atoms with van der Waals surface area (Å²) in [5, 5.41) is 9.32. The van der Waals surface area contributed by atoms with Gasteiger partial charge < -0.3 is 15.2 Å². The summed E-state index contributed by atoms with van der Waals surface area (Å²) in [6, 6.07) is 7.81. The SMILES string of the molecule is COc1ccc(-n2c(CN)nnc2SCC2CCCO2)cc1. The maximum Gasteiger partial charge on any atom is 0.195 e. The highest BCUT2D eigenvalue weighted by Crippen LogP contribution is 2.26. The Kier molecular flexibility index (Phi) is 4.97. The third-order valence-electron chi connectivity index (χ3n) is 3.64. The first kappa shape index (κ1) is 15.3. The molecule has 0 aliphatic carbocycles. The third kappa shape index (κ3) is 3.26. The van der Waals surface area contributed by atoms with Crippen LogP contribution < -0.4 is 10.5 Å². The molecule has 1 aliphatic heterocycles. The lowest BCUT2D eigenvalue weighted by atomic mass is 10.3. The van der Waals surface area contributed by atoms with Gasteiger partial charge in [-0.25, -0.2) is 0 Å². The van der Waals surface area contributed by atoms with Crippen LogP contribution in [0.2, 0.25) is 0 Å². The summed E-state index contributed by atoms with van der Waals surface area (Å²) in [6.07, 6.45) is 2.57. The maximum atomic E-state index is 5.79. The summed E-state index contributed by atoms with van der Waals surface area (Å²) >= 11 is 1.66. The van der Waals surface area contributed by atoms with Crippen LogP contribution in [0.15, 0.2) is 29.4 Å². The van der Waals surface area contributed by atoms with E-state index in [1.54, 1.807) is 18.9 Å². The molecular formula is C15H20N4O2S. The maximum absolute atomic E-state index is 5.79. The van der Waals surface area contributed by atoms with Crippen LogP contribution in [0.3, 0.4) is 0 Å². The second kappa shape index (κ2) is 7.13. The lowest BCUT2D eigenvalue weighted by molar-refractivity contribution is 0.129. The molecule has 1 aromatic heterocycles. The van der Waals surface area contributed by atoms with Crippen LogP contribution in [0.1, 0.15) is 18.7 Å². The van der Waals surface area contributed by atoms with Crippen LogP contribution in [0, 0.1) is 0 Å². The molecule has 2 heterocycles. The van der Waals surface area contributed by atoms with Crippen LogP contribution >= 0.6 is 11.8 Å². The van der Waals surface area contributed by atoms with Gasteiger partial charge in [0.05, 0.1) is 19.8 Å². The van der Waals surface area contributed by atoms with E-state index in [-0.39, 0.29) is 0 Å². The number of methoxy groups -OCH3 is 1. The van der Waals surface area contributed by atoms with Crippen LogP contribution in [-0.2, 0) is 11.3 Å². The highest BCUT2D eigenvalue weighted by Gasteiger charge is 2.19. The van der Waals surface area contributed by atoms with Crippen molar-refractivity contribution >= 4 is 11.8 Å². The molecule has 118 valence electrons. The van der Waals surface area contributed by atoms with Gasteiger partial charge in [0, 0.05) is 18.0 Å². The summed E-state index contributed by atoms with van der Waals surface area (Å²) in [5.74, 6) is 2.46. The predicted octanol–water partition coefficient (Wildman–Crippen LogP) is 2.01. The summed E-state index contributed by atoms with van der Waals surface area (Å²) in [5.41, 5.74) is 6.78. The molecule has 0 bridgehead atoms. The highest BCUT2D eigenvalue weighted by atomic mass is 32.2. The van der Waals surface area contributed by atoms with E-state index in [2.05, 4.69) is 10.2 Å². The molecule has 2 N–H and O–H groups in total. The molecule has 22 heavy (non-hydrogen) atoms. The summed E-state index contributed by atoms with van der Waals surface area (Å²) in [6.45, 7) is 1.21. The van der Waals surface area contributed by atoms with Crippen LogP contribution in [0.25, 0.3) is 5.69 Å². The van der Waals surface area contributed by atoms with Crippen molar-refractivity contribution in [3.05, 3.63) is 30.1 Å². The average molecular weight is 320 g/mol. The van der Waals surface area contributed by atoms with E-state index in [1.165, 1.54) is 0 Å². The molecule has 0 radical (unpaired) electrons. The lowest BCUT2D eigenvalue weighted by Crippen LogP contribution is -2.10. The van der Waals surface area contributed by atoms with Gasteiger partial charge >= 0.3 is 0 Å². The first-order chi connectivity index (χ1) is 10.8. The Balaban J connectivity index is 1.82. The monoisotopic (exact) mass is 320 g/mol. The topological polar surface area (TPSA) is 75.2 Å². The van der Waals surface area contributed by atoms with Crippen molar-refractivity contribution in [1.82, 2.24) is 14.8 Å². The Bertz CT molecular complexity index is 609. The third-order valence-corrected chi connectivity index (χ3v) is 4.70. The van der Waals surface area contributed by atoms with E-state index < -0.39 is 0 Å². The van der Waals surface area contributed by atoms with Gasteiger partial charge in [-0.2, -0.15) is 0 Å². The largest absolute Gasteiger partial charge is 0.497 e. The quantitative estimate of drug-likeness (QED) is 0.821. The summed E-state index contributed by atoms with van der Waals surface area (Å²) in [7, 11) is 1.65. The van der Waals surface area contributed by atoms with Crippen molar-refractivity contribution in [2.24, 2.45) is 5.73 Å². The van der Waals surface area contributed by atoms with E-state index in [9.17, 15) is 0 Å². The number of ether oxygens (including phenoxy) is 2. The Morgan fingerprint density at radius 2 is 2.18 bits per heavy atom.